The molecule has 6 heteroatoms. The zero-order valence-corrected chi connectivity index (χ0v) is 16.1. The first-order valence-electron chi connectivity index (χ1n) is 10.1. The molecule has 1 N–H and O–H groups in total. The molecule has 0 unspecified atom stereocenters. The Kier molecular flexibility index (Phi) is 5.76. The Morgan fingerprint density at radius 2 is 1.32 bits per heavy atom. The third-order valence-corrected chi connectivity index (χ3v) is 5.55. The number of benzene rings is 2. The summed E-state index contributed by atoms with van der Waals surface area (Å²) in [4.78, 5) is 19.2. The van der Waals surface area contributed by atoms with Gasteiger partial charge in [-0.25, -0.2) is 4.39 Å². The van der Waals surface area contributed by atoms with Gasteiger partial charge in [-0.15, -0.1) is 0 Å². The molecule has 0 saturated carbocycles. The van der Waals surface area contributed by atoms with Gasteiger partial charge < -0.3 is 15.1 Å². The zero-order chi connectivity index (χ0) is 19.3. The predicted octanol–water partition coefficient (Wildman–Crippen LogP) is 3.19. The summed E-state index contributed by atoms with van der Waals surface area (Å²) in [6.07, 6.45) is 2.51. The molecule has 0 aromatic heterocycles. The van der Waals surface area contributed by atoms with Crippen LogP contribution in [-0.2, 0) is 4.79 Å². The van der Waals surface area contributed by atoms with E-state index in [2.05, 4.69) is 32.1 Å². The van der Waals surface area contributed by atoms with Crippen molar-refractivity contribution in [3.05, 3.63) is 54.3 Å². The Bertz CT molecular complexity index is 779. The molecular weight excluding hydrogens is 355 g/mol. The Balaban J connectivity index is 1.24. The van der Waals surface area contributed by atoms with Crippen LogP contribution in [0.15, 0.2) is 48.5 Å². The van der Waals surface area contributed by atoms with E-state index in [0.717, 1.165) is 50.6 Å². The molecule has 4 rings (SSSR count). The lowest BCUT2D eigenvalue weighted by Gasteiger charge is -2.35. The summed E-state index contributed by atoms with van der Waals surface area (Å²) in [6, 6.07) is 14.7. The second kappa shape index (κ2) is 8.61. The molecule has 5 nitrogen and oxygen atoms in total. The standard InChI is InChI=1S/C22H27FN4O/c23-18-3-7-20(8-4-18)27-15-13-25(14-16-27)17-22(28)24-19-5-9-21(10-6-19)26-11-1-2-12-26/h3-10H,1-2,11-17H2,(H,24,28). The molecular formula is C22H27FN4O. The highest BCUT2D eigenvalue weighted by molar-refractivity contribution is 5.92. The highest BCUT2D eigenvalue weighted by Crippen LogP contribution is 2.22. The minimum Gasteiger partial charge on any atom is -0.372 e. The van der Waals surface area contributed by atoms with E-state index < -0.39 is 0 Å². The lowest BCUT2D eigenvalue weighted by molar-refractivity contribution is -0.117. The van der Waals surface area contributed by atoms with Crippen molar-refractivity contribution in [3.63, 3.8) is 0 Å². The van der Waals surface area contributed by atoms with Crippen LogP contribution in [-0.4, -0.2) is 56.6 Å². The minimum atomic E-state index is -0.215. The fraction of sp³-hybridized carbons (Fsp3) is 0.409. The normalized spacial score (nSPS) is 17.8. The van der Waals surface area contributed by atoms with Gasteiger partial charge in [-0.1, -0.05) is 0 Å². The molecule has 2 aromatic rings. The quantitative estimate of drug-likeness (QED) is 0.862. The van der Waals surface area contributed by atoms with E-state index in [0.29, 0.717) is 6.54 Å². The van der Waals surface area contributed by atoms with E-state index in [1.165, 1.54) is 30.7 Å². The van der Waals surface area contributed by atoms with Gasteiger partial charge in [0.25, 0.3) is 0 Å². The fourth-order valence-corrected chi connectivity index (χ4v) is 3.95. The van der Waals surface area contributed by atoms with Crippen molar-refractivity contribution in [2.75, 3.05) is 60.9 Å². The van der Waals surface area contributed by atoms with Gasteiger partial charge >= 0.3 is 0 Å². The lowest BCUT2D eigenvalue weighted by Crippen LogP contribution is -2.48. The first kappa shape index (κ1) is 18.7. The van der Waals surface area contributed by atoms with E-state index in [1.54, 1.807) is 0 Å². The predicted molar refractivity (Wildman–Crippen MR) is 112 cm³/mol. The van der Waals surface area contributed by atoms with Crippen LogP contribution >= 0.6 is 0 Å². The van der Waals surface area contributed by atoms with Crippen molar-refractivity contribution in [2.24, 2.45) is 0 Å². The molecule has 2 saturated heterocycles. The summed E-state index contributed by atoms with van der Waals surface area (Å²) >= 11 is 0. The zero-order valence-electron chi connectivity index (χ0n) is 16.1. The number of nitrogens with one attached hydrogen (secondary N) is 1. The van der Waals surface area contributed by atoms with Gasteiger partial charge in [0.2, 0.25) is 5.91 Å². The maximum Gasteiger partial charge on any atom is 0.238 e. The molecule has 28 heavy (non-hydrogen) atoms. The van der Waals surface area contributed by atoms with Gasteiger partial charge in [0, 0.05) is 56.3 Å². The lowest BCUT2D eigenvalue weighted by atomic mass is 10.2. The van der Waals surface area contributed by atoms with E-state index in [4.69, 9.17) is 0 Å². The Hall–Kier alpha value is -2.60. The van der Waals surface area contributed by atoms with Crippen LogP contribution in [0.5, 0.6) is 0 Å². The van der Waals surface area contributed by atoms with Gasteiger partial charge in [-0.2, -0.15) is 0 Å². The minimum absolute atomic E-state index is 0.0177. The van der Waals surface area contributed by atoms with Crippen molar-refractivity contribution < 1.29 is 9.18 Å². The third kappa shape index (κ3) is 4.62. The number of amides is 1. The number of carbonyl (C=O) groups is 1. The number of anilines is 3. The third-order valence-electron chi connectivity index (χ3n) is 5.55. The van der Waals surface area contributed by atoms with Crippen LogP contribution in [0.3, 0.4) is 0 Å². The SMILES string of the molecule is O=C(CN1CCN(c2ccc(F)cc2)CC1)Nc1ccc(N2CCCC2)cc1. The summed E-state index contributed by atoms with van der Waals surface area (Å²) in [6.45, 7) is 5.95. The molecule has 0 spiro atoms. The summed E-state index contributed by atoms with van der Waals surface area (Å²) in [5.74, 6) is -0.198. The molecule has 0 radical (unpaired) electrons. The molecule has 2 aromatic carbocycles. The van der Waals surface area contributed by atoms with Crippen LogP contribution in [0.2, 0.25) is 0 Å². The summed E-state index contributed by atoms with van der Waals surface area (Å²) in [5, 5.41) is 3.00. The topological polar surface area (TPSA) is 38.8 Å². The van der Waals surface area contributed by atoms with E-state index >= 15 is 0 Å². The second-order valence-corrected chi connectivity index (χ2v) is 7.53. The van der Waals surface area contributed by atoms with Gasteiger partial charge in [-0.05, 0) is 61.4 Å². The second-order valence-electron chi connectivity index (χ2n) is 7.53. The number of rotatable bonds is 5. The van der Waals surface area contributed by atoms with E-state index in [-0.39, 0.29) is 11.7 Å². The van der Waals surface area contributed by atoms with E-state index in [9.17, 15) is 9.18 Å². The molecule has 2 aliphatic heterocycles. The monoisotopic (exact) mass is 382 g/mol. The molecule has 2 aliphatic rings. The van der Waals surface area contributed by atoms with E-state index in [1.807, 2.05) is 24.3 Å². The van der Waals surface area contributed by atoms with Crippen molar-refractivity contribution in [3.8, 4) is 0 Å². The highest BCUT2D eigenvalue weighted by atomic mass is 19.1. The number of nitrogens with zero attached hydrogens (tertiary/aromatic N) is 3. The summed E-state index contributed by atoms with van der Waals surface area (Å²) < 4.78 is 13.1. The van der Waals surface area contributed by atoms with Gasteiger partial charge in [0.1, 0.15) is 5.82 Å². The number of carbonyl (C=O) groups excluding carboxylic acids is 1. The van der Waals surface area contributed by atoms with Gasteiger partial charge in [0.15, 0.2) is 0 Å². The Morgan fingerprint density at radius 3 is 1.93 bits per heavy atom. The fourth-order valence-electron chi connectivity index (χ4n) is 3.95. The molecule has 2 fully saturated rings. The molecule has 148 valence electrons. The maximum absolute atomic E-state index is 13.1. The number of hydrogen-bond donors (Lipinski definition) is 1. The largest absolute Gasteiger partial charge is 0.372 e. The van der Waals surface area contributed by atoms with Crippen molar-refractivity contribution >= 4 is 23.0 Å². The first-order chi connectivity index (χ1) is 13.7. The van der Waals surface area contributed by atoms with Crippen LogP contribution in [0.1, 0.15) is 12.8 Å². The molecule has 0 aliphatic carbocycles. The smallest absolute Gasteiger partial charge is 0.238 e. The molecule has 1 amide bonds. The Labute approximate surface area is 165 Å². The summed E-state index contributed by atoms with van der Waals surface area (Å²) in [7, 11) is 0. The maximum atomic E-state index is 13.1. The number of hydrogen-bond acceptors (Lipinski definition) is 4. The van der Waals surface area contributed by atoms with Gasteiger partial charge in [0.05, 0.1) is 6.54 Å². The molecule has 0 bridgehead atoms. The summed E-state index contributed by atoms with van der Waals surface area (Å²) in [5.41, 5.74) is 3.11. The van der Waals surface area contributed by atoms with Crippen molar-refractivity contribution in [1.29, 1.82) is 0 Å². The average Bonchev–Trinajstić information content (AvgIpc) is 3.25. The van der Waals surface area contributed by atoms with Crippen LogP contribution in [0.25, 0.3) is 0 Å². The molecule has 2 heterocycles. The average molecular weight is 382 g/mol. The highest BCUT2D eigenvalue weighted by Gasteiger charge is 2.19. The van der Waals surface area contributed by atoms with Crippen LogP contribution < -0.4 is 15.1 Å². The van der Waals surface area contributed by atoms with Crippen molar-refractivity contribution in [1.82, 2.24) is 4.90 Å². The van der Waals surface area contributed by atoms with Gasteiger partial charge in [-0.3, -0.25) is 9.69 Å². The number of piperazine rings is 1. The Morgan fingerprint density at radius 1 is 0.786 bits per heavy atom. The first-order valence-corrected chi connectivity index (χ1v) is 10.1. The molecule has 0 atom stereocenters. The van der Waals surface area contributed by atoms with Crippen LogP contribution in [0.4, 0.5) is 21.5 Å². The van der Waals surface area contributed by atoms with Crippen molar-refractivity contribution in [2.45, 2.75) is 12.8 Å². The number of halogens is 1. The van der Waals surface area contributed by atoms with Crippen LogP contribution in [0, 0.1) is 5.82 Å².